The Morgan fingerprint density at radius 3 is 2.68 bits per heavy atom. The third-order valence-corrected chi connectivity index (χ3v) is 4.38. The predicted molar refractivity (Wildman–Crippen MR) is 98.5 cm³/mol. The van der Waals surface area contributed by atoms with Crippen molar-refractivity contribution in [2.75, 3.05) is 6.61 Å². The van der Waals surface area contributed by atoms with E-state index in [2.05, 4.69) is 21.0 Å². The Hall–Kier alpha value is -2.47. The number of aromatic nitrogens is 2. The molecule has 1 atom stereocenters. The molecule has 5 nitrogen and oxygen atoms in total. The van der Waals surface area contributed by atoms with Crippen LogP contribution in [0, 0.1) is 0 Å². The van der Waals surface area contributed by atoms with E-state index in [1.807, 2.05) is 24.3 Å². The Morgan fingerprint density at radius 2 is 1.96 bits per heavy atom. The number of rotatable bonds is 6. The highest BCUT2D eigenvalue weighted by Crippen LogP contribution is 2.25. The average molecular weight is 401 g/mol. The maximum absolute atomic E-state index is 12.6. The third-order valence-electron chi connectivity index (χ3n) is 3.89. The van der Waals surface area contributed by atoms with Crippen LogP contribution in [0.2, 0.25) is 0 Å². The lowest BCUT2D eigenvalue weighted by Crippen LogP contribution is -2.25. The van der Waals surface area contributed by atoms with E-state index in [9.17, 15) is 9.59 Å². The van der Waals surface area contributed by atoms with E-state index in [0.29, 0.717) is 5.56 Å². The summed E-state index contributed by atoms with van der Waals surface area (Å²) in [6.07, 6.45) is 1.68. The summed E-state index contributed by atoms with van der Waals surface area (Å²) in [5.74, 6) is -0.584. The van der Waals surface area contributed by atoms with E-state index in [0.717, 1.165) is 15.4 Å². The Bertz CT molecular complexity index is 905. The van der Waals surface area contributed by atoms with E-state index in [1.54, 1.807) is 42.1 Å². The van der Waals surface area contributed by atoms with Crippen molar-refractivity contribution in [1.29, 1.82) is 0 Å². The monoisotopic (exact) mass is 400 g/mol. The molecule has 0 saturated carbocycles. The summed E-state index contributed by atoms with van der Waals surface area (Å²) in [6.45, 7) is 1.99. The van der Waals surface area contributed by atoms with Crippen LogP contribution in [0.4, 0.5) is 0 Å². The van der Waals surface area contributed by atoms with Gasteiger partial charge in [0, 0.05) is 21.8 Å². The molecule has 25 heavy (non-hydrogen) atoms. The van der Waals surface area contributed by atoms with Crippen LogP contribution in [0.3, 0.4) is 0 Å². The molecule has 3 rings (SSSR count). The lowest BCUT2D eigenvalue weighted by atomic mass is 10.0. The average Bonchev–Trinajstić information content (AvgIpc) is 3.03. The molecule has 2 aromatic carbocycles. The number of Topliss-reactive ketones (excluding diaryl/α,β-unsaturated/α-hetero) is 1. The first-order valence-corrected chi connectivity index (χ1v) is 8.77. The van der Waals surface area contributed by atoms with Crippen molar-refractivity contribution >= 4 is 38.6 Å². The minimum atomic E-state index is -0.800. The van der Waals surface area contributed by atoms with Crippen LogP contribution >= 0.6 is 15.9 Å². The van der Waals surface area contributed by atoms with Gasteiger partial charge in [-0.1, -0.05) is 46.3 Å². The van der Waals surface area contributed by atoms with Crippen molar-refractivity contribution in [2.24, 2.45) is 0 Å². The predicted octanol–water partition coefficient (Wildman–Crippen LogP) is 4.18. The van der Waals surface area contributed by atoms with E-state index >= 15 is 0 Å². The Kier molecular flexibility index (Phi) is 5.28. The minimum Gasteiger partial charge on any atom is -0.464 e. The molecule has 0 spiro atoms. The summed E-state index contributed by atoms with van der Waals surface area (Å²) in [5, 5.41) is 5.21. The number of hydrogen-bond donors (Lipinski definition) is 0. The molecule has 6 heteroatoms. The van der Waals surface area contributed by atoms with Crippen molar-refractivity contribution < 1.29 is 14.3 Å². The molecule has 3 aromatic rings. The number of benzene rings is 2. The van der Waals surface area contributed by atoms with Crippen molar-refractivity contribution in [2.45, 2.75) is 19.4 Å². The normalized spacial score (nSPS) is 12.1. The van der Waals surface area contributed by atoms with Crippen LogP contribution in [-0.2, 0) is 9.53 Å². The second kappa shape index (κ2) is 7.61. The zero-order valence-corrected chi connectivity index (χ0v) is 15.3. The zero-order chi connectivity index (χ0) is 17.8. The number of halogens is 1. The summed E-state index contributed by atoms with van der Waals surface area (Å²) in [5.41, 5.74) is 1.35. The van der Waals surface area contributed by atoms with Crippen molar-refractivity contribution in [3.63, 3.8) is 0 Å². The van der Waals surface area contributed by atoms with Crippen LogP contribution in [0.15, 0.2) is 59.2 Å². The largest absolute Gasteiger partial charge is 0.464 e. The topological polar surface area (TPSA) is 61.2 Å². The summed E-state index contributed by atoms with van der Waals surface area (Å²) in [4.78, 5) is 25.1. The molecule has 0 saturated heterocycles. The third kappa shape index (κ3) is 3.79. The fraction of sp³-hybridized carbons (Fsp3) is 0.211. The molecule has 0 fully saturated rings. The maximum atomic E-state index is 12.6. The smallest absolute Gasteiger partial charge is 0.331 e. The number of carbonyl (C=O) groups is 2. The second-order valence-corrected chi connectivity index (χ2v) is 6.47. The number of carbonyl (C=O) groups excluding carboxylic acids is 2. The van der Waals surface area contributed by atoms with Gasteiger partial charge < -0.3 is 4.74 Å². The molecule has 0 amide bonds. The molecule has 0 N–H and O–H groups in total. The van der Waals surface area contributed by atoms with Crippen LogP contribution in [0.5, 0.6) is 0 Å². The molecule has 0 bridgehead atoms. The number of ether oxygens (including phenoxy) is 1. The number of esters is 1. The Labute approximate surface area is 153 Å². The molecule has 1 heterocycles. The van der Waals surface area contributed by atoms with E-state index < -0.39 is 12.0 Å². The number of hydrogen-bond acceptors (Lipinski definition) is 4. The molecular formula is C19H17BrN2O3. The quantitative estimate of drug-likeness (QED) is 0.459. The molecule has 1 aromatic heterocycles. The van der Waals surface area contributed by atoms with Crippen molar-refractivity contribution in [3.05, 3.63) is 64.8 Å². The SMILES string of the molecule is CCOC(=O)C(CC(=O)c1ccccc1)n1ncc2cc(Br)ccc21. The van der Waals surface area contributed by atoms with Gasteiger partial charge in [0.25, 0.3) is 0 Å². The standard InChI is InChI=1S/C19H17BrN2O3/c1-2-25-19(24)17(11-18(23)13-6-4-3-5-7-13)22-16-9-8-15(20)10-14(16)12-21-22/h3-10,12,17H,2,11H2,1H3. The molecule has 1 unspecified atom stereocenters. The number of fused-ring (bicyclic) bond motifs is 1. The van der Waals surface area contributed by atoms with Crippen LogP contribution < -0.4 is 0 Å². The van der Waals surface area contributed by atoms with Gasteiger partial charge in [0.1, 0.15) is 0 Å². The maximum Gasteiger partial charge on any atom is 0.331 e. The summed E-state index contributed by atoms with van der Waals surface area (Å²) in [7, 11) is 0. The highest BCUT2D eigenvalue weighted by molar-refractivity contribution is 9.10. The first kappa shape index (κ1) is 17.4. The van der Waals surface area contributed by atoms with E-state index in [1.165, 1.54) is 0 Å². The van der Waals surface area contributed by atoms with Crippen LogP contribution in [0.25, 0.3) is 10.9 Å². The van der Waals surface area contributed by atoms with Crippen molar-refractivity contribution in [1.82, 2.24) is 9.78 Å². The lowest BCUT2D eigenvalue weighted by Gasteiger charge is -2.16. The van der Waals surface area contributed by atoms with Gasteiger partial charge in [-0.05, 0) is 25.1 Å². The first-order valence-electron chi connectivity index (χ1n) is 7.98. The Balaban J connectivity index is 1.97. The minimum absolute atomic E-state index is 0.00428. The fourth-order valence-corrected chi connectivity index (χ4v) is 3.08. The van der Waals surface area contributed by atoms with Crippen LogP contribution in [0.1, 0.15) is 29.7 Å². The van der Waals surface area contributed by atoms with Gasteiger partial charge in [-0.25, -0.2) is 4.79 Å². The van der Waals surface area contributed by atoms with Gasteiger partial charge in [0.2, 0.25) is 0 Å². The van der Waals surface area contributed by atoms with E-state index in [4.69, 9.17) is 4.74 Å². The van der Waals surface area contributed by atoms with Gasteiger partial charge in [-0.2, -0.15) is 5.10 Å². The Morgan fingerprint density at radius 1 is 1.20 bits per heavy atom. The molecule has 0 aliphatic rings. The first-order chi connectivity index (χ1) is 12.1. The van der Waals surface area contributed by atoms with Gasteiger partial charge >= 0.3 is 5.97 Å². The van der Waals surface area contributed by atoms with Gasteiger partial charge in [0.15, 0.2) is 11.8 Å². The van der Waals surface area contributed by atoms with Gasteiger partial charge in [0.05, 0.1) is 18.3 Å². The molecule has 0 radical (unpaired) electrons. The zero-order valence-electron chi connectivity index (χ0n) is 13.7. The molecule has 0 aliphatic heterocycles. The lowest BCUT2D eigenvalue weighted by molar-refractivity contribution is -0.147. The number of ketones is 1. The summed E-state index contributed by atoms with van der Waals surface area (Å²) in [6, 6.07) is 13.8. The number of nitrogens with zero attached hydrogens (tertiary/aromatic N) is 2. The molecular weight excluding hydrogens is 384 g/mol. The highest BCUT2D eigenvalue weighted by atomic mass is 79.9. The van der Waals surface area contributed by atoms with Crippen molar-refractivity contribution in [3.8, 4) is 0 Å². The van der Waals surface area contributed by atoms with Gasteiger partial charge in [-0.3, -0.25) is 9.48 Å². The fourth-order valence-electron chi connectivity index (χ4n) is 2.70. The molecule has 128 valence electrons. The van der Waals surface area contributed by atoms with Crippen LogP contribution in [-0.4, -0.2) is 28.1 Å². The summed E-state index contributed by atoms with van der Waals surface area (Å²) < 4.78 is 7.67. The van der Waals surface area contributed by atoms with Gasteiger partial charge in [-0.15, -0.1) is 0 Å². The molecule has 0 aliphatic carbocycles. The van der Waals surface area contributed by atoms with E-state index in [-0.39, 0.29) is 18.8 Å². The summed E-state index contributed by atoms with van der Waals surface area (Å²) >= 11 is 3.42. The second-order valence-electron chi connectivity index (χ2n) is 5.55. The highest BCUT2D eigenvalue weighted by Gasteiger charge is 2.27.